The number of nitrogens with one attached hydrogen (secondary N) is 1. The molecular weight excluding hydrogens is 320 g/mol. The highest BCUT2D eigenvalue weighted by atomic mass is 16.4. The van der Waals surface area contributed by atoms with Gasteiger partial charge >= 0.3 is 12.0 Å². The zero-order valence-electron chi connectivity index (χ0n) is 14.0. The highest BCUT2D eigenvalue weighted by Gasteiger charge is 2.20. The van der Waals surface area contributed by atoms with Gasteiger partial charge in [0, 0.05) is 26.1 Å². The van der Waals surface area contributed by atoms with Crippen LogP contribution in [0.15, 0.2) is 36.4 Å². The molecule has 2 heterocycles. The average Bonchev–Trinajstić information content (AvgIpc) is 2.89. The third kappa shape index (κ3) is 4.59. The van der Waals surface area contributed by atoms with Crippen molar-refractivity contribution in [2.24, 2.45) is 0 Å². The number of benzene rings is 1. The maximum atomic E-state index is 12.5. The Kier molecular flexibility index (Phi) is 5.33. The summed E-state index contributed by atoms with van der Waals surface area (Å²) in [6, 6.07) is 11.6. The number of aliphatic carboxylic acids is 1. The number of carbonyl (C=O) groups is 2. The number of nitrogens with zero attached hydrogens (tertiary/aromatic N) is 3. The Bertz CT molecular complexity index is 742. The second kappa shape index (κ2) is 7.83. The molecule has 0 bridgehead atoms. The molecular formula is C18H22N4O3. The van der Waals surface area contributed by atoms with Crippen LogP contribution in [0.25, 0.3) is 0 Å². The summed E-state index contributed by atoms with van der Waals surface area (Å²) in [4.78, 5) is 25.0. The van der Waals surface area contributed by atoms with E-state index < -0.39 is 5.97 Å². The molecule has 0 atom stereocenters. The molecule has 7 nitrogen and oxygen atoms in total. The molecule has 0 saturated heterocycles. The summed E-state index contributed by atoms with van der Waals surface area (Å²) in [6.07, 6.45) is 1.30. The van der Waals surface area contributed by atoms with Crippen molar-refractivity contribution in [2.75, 3.05) is 6.54 Å². The highest BCUT2D eigenvalue weighted by Crippen LogP contribution is 2.15. The van der Waals surface area contributed by atoms with E-state index in [0.29, 0.717) is 26.1 Å². The van der Waals surface area contributed by atoms with E-state index in [0.717, 1.165) is 29.9 Å². The van der Waals surface area contributed by atoms with Crippen LogP contribution in [0.2, 0.25) is 0 Å². The van der Waals surface area contributed by atoms with Crippen molar-refractivity contribution >= 4 is 12.0 Å². The number of aromatic nitrogens is 2. The SMILES string of the molecule is O=C(O)CCc1cc2n(n1)CCCN(C(=O)NCc1ccccc1)C2. The molecule has 1 aliphatic rings. The lowest BCUT2D eigenvalue weighted by Gasteiger charge is -2.20. The summed E-state index contributed by atoms with van der Waals surface area (Å²) >= 11 is 0. The molecule has 0 saturated carbocycles. The Labute approximate surface area is 146 Å². The molecule has 132 valence electrons. The van der Waals surface area contributed by atoms with Crippen LogP contribution in [-0.2, 0) is 30.8 Å². The van der Waals surface area contributed by atoms with Gasteiger partial charge in [-0.05, 0) is 18.1 Å². The monoisotopic (exact) mass is 342 g/mol. The maximum absolute atomic E-state index is 12.5. The summed E-state index contributed by atoms with van der Waals surface area (Å²) in [5, 5.41) is 16.2. The smallest absolute Gasteiger partial charge is 0.318 e. The first-order valence-corrected chi connectivity index (χ1v) is 8.46. The number of hydrogen-bond donors (Lipinski definition) is 2. The summed E-state index contributed by atoms with van der Waals surface area (Å²) in [6.45, 7) is 2.40. The van der Waals surface area contributed by atoms with Gasteiger partial charge in [0.05, 0.1) is 24.4 Å². The number of carboxylic acids is 1. The van der Waals surface area contributed by atoms with Crippen LogP contribution < -0.4 is 5.32 Å². The van der Waals surface area contributed by atoms with Gasteiger partial charge in [0.1, 0.15) is 0 Å². The molecule has 1 aliphatic heterocycles. The predicted octanol–water partition coefficient (Wildman–Crippen LogP) is 2.02. The third-order valence-electron chi connectivity index (χ3n) is 4.23. The molecule has 2 aromatic rings. The van der Waals surface area contributed by atoms with Gasteiger partial charge < -0.3 is 15.3 Å². The van der Waals surface area contributed by atoms with Crippen molar-refractivity contribution in [1.29, 1.82) is 0 Å². The lowest BCUT2D eigenvalue weighted by Crippen LogP contribution is -2.39. The summed E-state index contributed by atoms with van der Waals surface area (Å²) in [5.74, 6) is -0.829. The fraction of sp³-hybridized carbons (Fsp3) is 0.389. The van der Waals surface area contributed by atoms with Gasteiger partial charge in [-0.3, -0.25) is 9.48 Å². The van der Waals surface area contributed by atoms with Crippen molar-refractivity contribution in [2.45, 2.75) is 38.9 Å². The number of urea groups is 1. The molecule has 0 radical (unpaired) electrons. The van der Waals surface area contributed by atoms with E-state index >= 15 is 0 Å². The zero-order chi connectivity index (χ0) is 17.6. The van der Waals surface area contributed by atoms with Crippen molar-refractivity contribution < 1.29 is 14.7 Å². The first kappa shape index (κ1) is 17.0. The lowest BCUT2D eigenvalue weighted by atomic mass is 10.2. The van der Waals surface area contributed by atoms with Crippen LogP contribution in [0.4, 0.5) is 4.79 Å². The molecule has 0 unspecified atom stereocenters. The van der Waals surface area contributed by atoms with Gasteiger partial charge in [0.15, 0.2) is 0 Å². The van der Waals surface area contributed by atoms with Gasteiger partial charge in [-0.25, -0.2) is 4.79 Å². The van der Waals surface area contributed by atoms with Crippen molar-refractivity contribution in [3.05, 3.63) is 53.3 Å². The number of carbonyl (C=O) groups excluding carboxylic acids is 1. The summed E-state index contributed by atoms with van der Waals surface area (Å²) < 4.78 is 1.89. The first-order chi connectivity index (χ1) is 12.1. The minimum Gasteiger partial charge on any atom is -0.481 e. The van der Waals surface area contributed by atoms with Crippen LogP contribution in [0.3, 0.4) is 0 Å². The molecule has 25 heavy (non-hydrogen) atoms. The number of rotatable bonds is 5. The minimum absolute atomic E-state index is 0.0672. The Morgan fingerprint density at radius 1 is 1.20 bits per heavy atom. The number of fused-ring (bicyclic) bond motifs is 1. The van der Waals surface area contributed by atoms with E-state index in [-0.39, 0.29) is 12.5 Å². The largest absolute Gasteiger partial charge is 0.481 e. The van der Waals surface area contributed by atoms with Gasteiger partial charge in [0.2, 0.25) is 0 Å². The number of hydrogen-bond acceptors (Lipinski definition) is 3. The Morgan fingerprint density at radius 3 is 2.76 bits per heavy atom. The van der Waals surface area contributed by atoms with Crippen LogP contribution in [0, 0.1) is 0 Å². The standard InChI is InChI=1S/C18H22N4O3/c23-17(24)8-7-15-11-16-13-21(9-4-10-22(16)20-15)18(25)19-12-14-5-2-1-3-6-14/h1-3,5-6,11H,4,7-10,12-13H2,(H,19,25)(H,23,24). The average molecular weight is 342 g/mol. The fourth-order valence-corrected chi connectivity index (χ4v) is 2.94. The second-order valence-corrected chi connectivity index (χ2v) is 6.16. The maximum Gasteiger partial charge on any atom is 0.318 e. The van der Waals surface area contributed by atoms with Crippen LogP contribution in [0.1, 0.15) is 29.8 Å². The molecule has 0 spiro atoms. The van der Waals surface area contributed by atoms with E-state index in [1.54, 1.807) is 4.90 Å². The summed E-state index contributed by atoms with van der Waals surface area (Å²) in [5.41, 5.74) is 2.78. The molecule has 2 N–H and O–H groups in total. The van der Waals surface area contributed by atoms with Crippen molar-refractivity contribution in [3.8, 4) is 0 Å². The van der Waals surface area contributed by atoms with Gasteiger partial charge in [-0.1, -0.05) is 30.3 Å². The second-order valence-electron chi connectivity index (χ2n) is 6.16. The van der Waals surface area contributed by atoms with E-state index in [1.165, 1.54) is 0 Å². The van der Waals surface area contributed by atoms with Crippen LogP contribution >= 0.6 is 0 Å². The van der Waals surface area contributed by atoms with Crippen molar-refractivity contribution in [1.82, 2.24) is 20.0 Å². The predicted molar refractivity (Wildman–Crippen MR) is 91.9 cm³/mol. The van der Waals surface area contributed by atoms with E-state index in [9.17, 15) is 9.59 Å². The van der Waals surface area contributed by atoms with Crippen LogP contribution in [0.5, 0.6) is 0 Å². The van der Waals surface area contributed by atoms with E-state index in [1.807, 2.05) is 41.1 Å². The molecule has 7 heteroatoms. The van der Waals surface area contributed by atoms with E-state index in [4.69, 9.17) is 5.11 Å². The normalized spacial score (nSPS) is 13.8. The number of aryl methyl sites for hydroxylation is 2. The van der Waals surface area contributed by atoms with Gasteiger partial charge in [-0.2, -0.15) is 5.10 Å². The molecule has 0 fully saturated rings. The Balaban J connectivity index is 1.60. The van der Waals surface area contributed by atoms with Crippen LogP contribution in [-0.4, -0.2) is 38.3 Å². The topological polar surface area (TPSA) is 87.5 Å². The van der Waals surface area contributed by atoms with Gasteiger partial charge in [0.25, 0.3) is 0 Å². The first-order valence-electron chi connectivity index (χ1n) is 8.46. The van der Waals surface area contributed by atoms with Crippen molar-refractivity contribution in [3.63, 3.8) is 0 Å². The Hall–Kier alpha value is -2.83. The molecule has 2 amide bonds. The molecule has 1 aromatic heterocycles. The Morgan fingerprint density at radius 2 is 2.00 bits per heavy atom. The lowest BCUT2D eigenvalue weighted by molar-refractivity contribution is -0.136. The van der Waals surface area contributed by atoms with E-state index in [2.05, 4.69) is 10.4 Å². The highest BCUT2D eigenvalue weighted by molar-refractivity contribution is 5.74. The molecule has 0 aliphatic carbocycles. The fourth-order valence-electron chi connectivity index (χ4n) is 2.94. The molecule has 1 aromatic carbocycles. The quantitative estimate of drug-likeness (QED) is 0.870. The number of carboxylic acid groups (broad SMARTS) is 1. The number of amides is 2. The minimum atomic E-state index is -0.829. The van der Waals surface area contributed by atoms with Gasteiger partial charge in [-0.15, -0.1) is 0 Å². The molecule has 3 rings (SSSR count). The summed E-state index contributed by atoms with van der Waals surface area (Å²) in [7, 11) is 0. The zero-order valence-corrected chi connectivity index (χ0v) is 14.0. The third-order valence-corrected chi connectivity index (χ3v) is 4.23.